The van der Waals surface area contributed by atoms with Crippen LogP contribution in [0.4, 0.5) is 0 Å². The average molecular weight is 296 g/mol. The molecule has 0 amide bonds. The standard InChI is InChI=1S/C17H26BO3.Li/c1-14(2)19-18(20-15(3)4,21-16(5)6)13-12-17-10-8-7-9-11-17;/h7-11,14-16H,1-6H3;/q-1;+1. The molecule has 0 aromatic heterocycles. The van der Waals surface area contributed by atoms with Gasteiger partial charge in [0.05, 0.1) is 0 Å². The second kappa shape index (κ2) is 10.2. The minimum atomic E-state index is -2.10. The van der Waals surface area contributed by atoms with E-state index in [9.17, 15) is 0 Å². The Morgan fingerprint density at radius 1 is 0.773 bits per heavy atom. The van der Waals surface area contributed by atoms with Gasteiger partial charge in [-0.3, -0.25) is 0 Å². The third-order valence-electron chi connectivity index (χ3n) is 2.52. The van der Waals surface area contributed by atoms with Gasteiger partial charge in [0.2, 0.25) is 0 Å². The molecule has 0 N–H and O–H groups in total. The van der Waals surface area contributed by atoms with Gasteiger partial charge in [0.25, 0.3) is 0 Å². The van der Waals surface area contributed by atoms with Gasteiger partial charge in [-0.15, -0.1) is 5.92 Å². The molecule has 0 unspecified atom stereocenters. The summed E-state index contributed by atoms with van der Waals surface area (Å²) in [6, 6.07) is 9.77. The van der Waals surface area contributed by atoms with Gasteiger partial charge in [-0.2, -0.15) is 0 Å². The molecule has 0 saturated heterocycles. The maximum absolute atomic E-state index is 5.93. The third-order valence-corrected chi connectivity index (χ3v) is 2.52. The Hall–Kier alpha value is -0.678. The fraction of sp³-hybridized carbons (Fsp3) is 0.529. The van der Waals surface area contributed by atoms with Crippen LogP contribution in [0, 0.1) is 11.7 Å². The fourth-order valence-electron chi connectivity index (χ4n) is 1.97. The van der Waals surface area contributed by atoms with Gasteiger partial charge in [0.1, 0.15) is 0 Å². The molecule has 0 fully saturated rings. The van der Waals surface area contributed by atoms with E-state index in [1.165, 1.54) is 0 Å². The molecule has 0 aliphatic rings. The summed E-state index contributed by atoms with van der Waals surface area (Å²) in [5.41, 5.74) is 0.913. The van der Waals surface area contributed by atoms with Crippen molar-refractivity contribution in [2.45, 2.75) is 59.9 Å². The minimum Gasteiger partial charge on any atom is -0.532 e. The first-order chi connectivity index (χ1) is 9.83. The van der Waals surface area contributed by atoms with Crippen LogP contribution >= 0.6 is 0 Å². The van der Waals surface area contributed by atoms with Crippen molar-refractivity contribution in [3.63, 3.8) is 0 Å². The molecule has 116 valence electrons. The molecule has 22 heavy (non-hydrogen) atoms. The van der Waals surface area contributed by atoms with Crippen LogP contribution in [0.2, 0.25) is 0 Å². The smallest absolute Gasteiger partial charge is 0.532 e. The fourth-order valence-corrected chi connectivity index (χ4v) is 1.97. The van der Waals surface area contributed by atoms with Crippen LogP contribution in [-0.2, 0) is 14.0 Å². The first kappa shape index (κ1) is 21.3. The van der Waals surface area contributed by atoms with E-state index in [2.05, 4.69) is 11.7 Å². The molecule has 3 nitrogen and oxygen atoms in total. The van der Waals surface area contributed by atoms with Crippen LogP contribution in [0.15, 0.2) is 30.3 Å². The summed E-state index contributed by atoms with van der Waals surface area (Å²) in [5, 5.41) is 0. The largest absolute Gasteiger partial charge is 1.00 e. The first-order valence-electron chi connectivity index (χ1n) is 7.58. The summed E-state index contributed by atoms with van der Waals surface area (Å²) in [6.07, 6.45) is -0.104. The molecule has 0 heterocycles. The molecule has 0 bridgehead atoms. The third kappa shape index (κ3) is 8.09. The summed E-state index contributed by atoms with van der Waals surface area (Å²) in [5.74, 6) is 6.19. The number of hydrogen-bond donors (Lipinski definition) is 0. The average Bonchev–Trinajstić information content (AvgIpc) is 2.35. The van der Waals surface area contributed by atoms with E-state index in [-0.39, 0.29) is 37.2 Å². The van der Waals surface area contributed by atoms with E-state index in [4.69, 9.17) is 14.0 Å². The van der Waals surface area contributed by atoms with Gasteiger partial charge in [0.15, 0.2) is 0 Å². The second-order valence-corrected chi connectivity index (χ2v) is 5.83. The zero-order valence-corrected chi connectivity index (χ0v) is 14.9. The second-order valence-electron chi connectivity index (χ2n) is 5.83. The van der Waals surface area contributed by atoms with Gasteiger partial charge < -0.3 is 14.0 Å². The van der Waals surface area contributed by atoms with Crippen LogP contribution in [-0.4, -0.2) is 25.1 Å². The zero-order valence-electron chi connectivity index (χ0n) is 14.9. The SMILES string of the molecule is CC(C)O[B-](C#Cc1ccccc1)(OC(C)C)OC(C)C.[Li+]. The van der Waals surface area contributed by atoms with Crippen LogP contribution in [0.5, 0.6) is 0 Å². The summed E-state index contributed by atoms with van der Waals surface area (Å²) < 4.78 is 17.8. The number of benzene rings is 1. The maximum Gasteiger partial charge on any atom is 1.00 e. The van der Waals surface area contributed by atoms with Gasteiger partial charge >= 0.3 is 25.6 Å². The van der Waals surface area contributed by atoms with E-state index < -0.39 is 6.75 Å². The van der Waals surface area contributed by atoms with Crippen molar-refractivity contribution >= 4 is 6.75 Å². The molecule has 5 heteroatoms. The monoisotopic (exact) mass is 296 g/mol. The first-order valence-corrected chi connectivity index (χ1v) is 7.58. The molecule has 1 aromatic rings. The van der Waals surface area contributed by atoms with Crippen LogP contribution in [0.25, 0.3) is 0 Å². The van der Waals surface area contributed by atoms with Gasteiger partial charge in [-0.05, 0) is 53.7 Å². The van der Waals surface area contributed by atoms with Crippen molar-refractivity contribution in [3.05, 3.63) is 35.9 Å². The Bertz CT molecular complexity index is 451. The van der Waals surface area contributed by atoms with Crippen LogP contribution in [0.3, 0.4) is 0 Å². The molecule has 0 spiro atoms. The Morgan fingerprint density at radius 3 is 1.55 bits per heavy atom. The maximum atomic E-state index is 5.93. The Kier molecular flexibility index (Phi) is 9.85. The Balaban J connectivity index is 0.00000441. The normalized spacial score (nSPS) is 11.3. The summed E-state index contributed by atoms with van der Waals surface area (Å²) in [6.45, 7) is 9.61. The van der Waals surface area contributed by atoms with Crippen molar-refractivity contribution in [1.82, 2.24) is 0 Å². The molecular weight excluding hydrogens is 270 g/mol. The zero-order chi connectivity index (χ0) is 15.9. The Labute approximate surface area is 147 Å². The molecule has 0 radical (unpaired) electrons. The molecular formula is C17H26BLiO3. The van der Waals surface area contributed by atoms with Gasteiger partial charge in [-0.25, -0.2) is 5.82 Å². The van der Waals surface area contributed by atoms with Crippen molar-refractivity contribution in [3.8, 4) is 11.7 Å². The van der Waals surface area contributed by atoms with E-state index in [0.717, 1.165) is 5.56 Å². The van der Waals surface area contributed by atoms with Crippen molar-refractivity contribution in [2.24, 2.45) is 0 Å². The molecule has 1 aromatic carbocycles. The van der Waals surface area contributed by atoms with Crippen molar-refractivity contribution in [1.29, 1.82) is 0 Å². The van der Waals surface area contributed by atoms with E-state index in [1.54, 1.807) is 0 Å². The van der Waals surface area contributed by atoms with Gasteiger partial charge in [0, 0.05) is 23.9 Å². The topological polar surface area (TPSA) is 27.7 Å². The predicted molar refractivity (Wildman–Crippen MR) is 87.7 cm³/mol. The summed E-state index contributed by atoms with van der Waals surface area (Å²) >= 11 is 0. The summed E-state index contributed by atoms with van der Waals surface area (Å²) in [4.78, 5) is 0. The van der Waals surface area contributed by atoms with E-state index in [1.807, 2.05) is 71.9 Å². The minimum absolute atomic E-state index is 0. The molecule has 0 aliphatic carbocycles. The van der Waals surface area contributed by atoms with Crippen molar-refractivity contribution in [2.75, 3.05) is 0 Å². The predicted octanol–water partition coefficient (Wildman–Crippen LogP) is 0.795. The van der Waals surface area contributed by atoms with Crippen LogP contribution < -0.4 is 18.9 Å². The molecule has 0 atom stereocenters. The molecule has 0 saturated carbocycles. The van der Waals surface area contributed by atoms with Gasteiger partial charge in [-0.1, -0.05) is 18.2 Å². The Morgan fingerprint density at radius 2 is 1.18 bits per heavy atom. The molecule has 0 aliphatic heterocycles. The molecule has 1 rings (SSSR count). The summed E-state index contributed by atoms with van der Waals surface area (Å²) in [7, 11) is 0. The number of hydrogen-bond acceptors (Lipinski definition) is 3. The van der Waals surface area contributed by atoms with Crippen molar-refractivity contribution < 1.29 is 32.8 Å². The van der Waals surface area contributed by atoms with Crippen LogP contribution in [0.1, 0.15) is 47.1 Å². The van der Waals surface area contributed by atoms with E-state index >= 15 is 0 Å². The number of rotatable bonds is 6. The van der Waals surface area contributed by atoms with E-state index in [0.29, 0.717) is 0 Å². The quantitative estimate of drug-likeness (QED) is 0.574.